The normalized spacial score (nSPS) is 11.0. The van der Waals surface area contributed by atoms with Crippen molar-refractivity contribution >= 4 is 28.5 Å². The van der Waals surface area contributed by atoms with Gasteiger partial charge in [-0.1, -0.05) is 190 Å². The van der Waals surface area contributed by atoms with Crippen LogP contribution in [0, 0.1) is 0 Å². The number of ether oxygens (including phenoxy) is 2. The Hall–Kier alpha value is -6.06. The van der Waals surface area contributed by atoms with Crippen LogP contribution in [0.2, 0.25) is 0 Å². The summed E-state index contributed by atoms with van der Waals surface area (Å²) in [5, 5.41) is 2.40. The maximum Gasteiger partial charge on any atom is 0.0721 e. The van der Waals surface area contributed by atoms with Crippen LogP contribution in [0.4, 0.5) is 0 Å². The summed E-state index contributed by atoms with van der Waals surface area (Å²) in [6, 6.07) is 55.6. The number of fused-ring (bicyclic) bond motifs is 1. The topological polar surface area (TPSA) is 18.5 Å². The van der Waals surface area contributed by atoms with E-state index in [2.05, 4.69) is 177 Å². The molecule has 0 N–H and O–H groups in total. The van der Waals surface area contributed by atoms with Crippen LogP contribution >= 0.6 is 0 Å². The standard InChI is InChI=1S/C50H42O2/c1-4-37-10-14-39(15-11-37)32-51-34-41-18-22-44(23-19-41)45-28-26-43(27-29-45)36(3)47-30-31-48(50-9-7-6-8-49(47)50)46-24-20-42(21-25-46)35-52-33-40-16-12-38(5-2)13-17-40/h4-31H,1-3,32-35H2. The molecule has 0 saturated carbocycles. The molecule has 0 amide bonds. The van der Waals surface area contributed by atoms with E-state index < -0.39 is 0 Å². The lowest BCUT2D eigenvalue weighted by Gasteiger charge is -2.15. The van der Waals surface area contributed by atoms with E-state index in [-0.39, 0.29) is 0 Å². The molecule has 0 spiro atoms. The molecule has 0 atom stereocenters. The molecule has 0 aliphatic rings. The van der Waals surface area contributed by atoms with Crippen LogP contribution in [0.15, 0.2) is 177 Å². The summed E-state index contributed by atoms with van der Waals surface area (Å²) in [5.74, 6) is 0. The highest BCUT2D eigenvalue weighted by Crippen LogP contribution is 2.36. The van der Waals surface area contributed by atoms with Crippen molar-refractivity contribution in [1.29, 1.82) is 0 Å². The number of hydrogen-bond acceptors (Lipinski definition) is 2. The molecule has 52 heavy (non-hydrogen) atoms. The van der Waals surface area contributed by atoms with Crippen molar-refractivity contribution in [3.63, 3.8) is 0 Å². The number of rotatable bonds is 14. The third kappa shape index (κ3) is 8.11. The molecule has 2 heteroatoms. The molecule has 0 aliphatic heterocycles. The van der Waals surface area contributed by atoms with E-state index in [0.29, 0.717) is 26.4 Å². The maximum atomic E-state index is 6.01. The van der Waals surface area contributed by atoms with Gasteiger partial charge in [0.05, 0.1) is 26.4 Å². The monoisotopic (exact) mass is 674 g/mol. The summed E-state index contributed by atoms with van der Waals surface area (Å²) in [6.07, 6.45) is 3.70. The maximum absolute atomic E-state index is 6.01. The van der Waals surface area contributed by atoms with E-state index in [1.807, 2.05) is 12.2 Å². The first kappa shape index (κ1) is 34.4. The Morgan fingerprint density at radius 3 is 1.29 bits per heavy atom. The fourth-order valence-corrected chi connectivity index (χ4v) is 6.48. The first-order valence-corrected chi connectivity index (χ1v) is 17.7. The van der Waals surface area contributed by atoms with Gasteiger partial charge in [0.25, 0.3) is 0 Å². The lowest BCUT2D eigenvalue weighted by Crippen LogP contribution is -1.95. The van der Waals surface area contributed by atoms with Gasteiger partial charge in [-0.15, -0.1) is 0 Å². The highest BCUT2D eigenvalue weighted by molar-refractivity contribution is 6.04. The van der Waals surface area contributed by atoms with Crippen molar-refractivity contribution in [1.82, 2.24) is 0 Å². The minimum atomic E-state index is 0.564. The van der Waals surface area contributed by atoms with Crippen molar-refractivity contribution in [2.24, 2.45) is 0 Å². The van der Waals surface area contributed by atoms with Crippen molar-refractivity contribution in [3.8, 4) is 22.3 Å². The van der Waals surface area contributed by atoms with Crippen molar-refractivity contribution in [2.75, 3.05) is 0 Å². The molecule has 254 valence electrons. The molecule has 0 unspecified atom stereocenters. The average Bonchev–Trinajstić information content (AvgIpc) is 3.21. The summed E-state index contributed by atoms with van der Waals surface area (Å²) in [5.41, 5.74) is 14.8. The lowest BCUT2D eigenvalue weighted by molar-refractivity contribution is 0.107. The second kappa shape index (κ2) is 16.3. The van der Waals surface area contributed by atoms with Gasteiger partial charge in [0.2, 0.25) is 0 Å². The highest BCUT2D eigenvalue weighted by atomic mass is 16.5. The Balaban J connectivity index is 0.992. The van der Waals surface area contributed by atoms with E-state index in [1.54, 1.807) is 0 Å². The zero-order valence-electron chi connectivity index (χ0n) is 29.4. The van der Waals surface area contributed by atoms with Crippen LogP contribution in [0.5, 0.6) is 0 Å². The van der Waals surface area contributed by atoms with E-state index in [9.17, 15) is 0 Å². The highest BCUT2D eigenvalue weighted by Gasteiger charge is 2.12. The molecule has 2 nitrogen and oxygen atoms in total. The molecule has 0 aliphatic carbocycles. The Morgan fingerprint density at radius 1 is 0.423 bits per heavy atom. The van der Waals surface area contributed by atoms with Gasteiger partial charge in [-0.25, -0.2) is 0 Å². The van der Waals surface area contributed by atoms with Gasteiger partial charge in [0, 0.05) is 0 Å². The number of benzene rings is 7. The molecule has 0 radical (unpaired) electrons. The predicted molar refractivity (Wildman–Crippen MR) is 219 cm³/mol. The Bertz CT molecular complexity index is 2290. The molecule has 0 bridgehead atoms. The minimum Gasteiger partial charge on any atom is -0.372 e. The molecule has 0 fully saturated rings. The van der Waals surface area contributed by atoms with Crippen LogP contribution in [-0.4, -0.2) is 0 Å². The molecule has 7 aromatic rings. The smallest absolute Gasteiger partial charge is 0.0721 e. The van der Waals surface area contributed by atoms with Crippen LogP contribution in [0.25, 0.3) is 50.8 Å². The zero-order valence-corrected chi connectivity index (χ0v) is 29.4. The van der Waals surface area contributed by atoms with E-state index >= 15 is 0 Å². The molecule has 7 rings (SSSR count). The van der Waals surface area contributed by atoms with Gasteiger partial charge in [0.15, 0.2) is 0 Å². The van der Waals surface area contributed by atoms with Gasteiger partial charge in [-0.05, 0) is 83.1 Å². The van der Waals surface area contributed by atoms with Crippen molar-refractivity contribution in [2.45, 2.75) is 26.4 Å². The predicted octanol–water partition coefficient (Wildman–Crippen LogP) is 13.0. The third-order valence-corrected chi connectivity index (χ3v) is 9.54. The summed E-state index contributed by atoms with van der Waals surface area (Å²) >= 11 is 0. The van der Waals surface area contributed by atoms with Crippen molar-refractivity contribution in [3.05, 3.63) is 222 Å². The molecular weight excluding hydrogens is 633 g/mol. The largest absolute Gasteiger partial charge is 0.372 e. The molecule has 7 aromatic carbocycles. The van der Waals surface area contributed by atoms with Gasteiger partial charge < -0.3 is 9.47 Å². The van der Waals surface area contributed by atoms with E-state index in [0.717, 1.165) is 50.1 Å². The SMILES string of the molecule is C=Cc1ccc(COCc2ccc(-c3ccc(C(=C)c4ccc(-c5ccc(COCc6ccc(C=C)cc6)cc5)c5ccccc45)cc3)cc2)cc1. The van der Waals surface area contributed by atoms with Crippen LogP contribution < -0.4 is 0 Å². The Kier molecular flexibility index (Phi) is 10.8. The van der Waals surface area contributed by atoms with Gasteiger partial charge in [-0.3, -0.25) is 0 Å². The Morgan fingerprint density at radius 2 is 0.827 bits per heavy atom. The van der Waals surface area contributed by atoms with E-state index in [4.69, 9.17) is 9.47 Å². The fraction of sp³-hybridized carbons (Fsp3) is 0.0800. The van der Waals surface area contributed by atoms with Gasteiger partial charge in [-0.2, -0.15) is 0 Å². The second-order valence-electron chi connectivity index (χ2n) is 13.0. The minimum absolute atomic E-state index is 0.564. The summed E-state index contributed by atoms with van der Waals surface area (Å²) in [4.78, 5) is 0. The first-order chi connectivity index (χ1) is 25.6. The third-order valence-electron chi connectivity index (χ3n) is 9.54. The van der Waals surface area contributed by atoms with Crippen molar-refractivity contribution < 1.29 is 9.47 Å². The van der Waals surface area contributed by atoms with Crippen LogP contribution in [-0.2, 0) is 35.9 Å². The second-order valence-corrected chi connectivity index (χ2v) is 13.0. The van der Waals surface area contributed by atoms with Gasteiger partial charge in [0.1, 0.15) is 0 Å². The Labute approximate surface area is 307 Å². The van der Waals surface area contributed by atoms with E-state index in [1.165, 1.54) is 33.0 Å². The molecule has 0 saturated heterocycles. The molecule has 0 aromatic heterocycles. The summed E-state index contributed by atoms with van der Waals surface area (Å²) < 4.78 is 12.0. The lowest BCUT2D eigenvalue weighted by atomic mass is 9.89. The number of hydrogen-bond donors (Lipinski definition) is 0. The summed E-state index contributed by atoms with van der Waals surface area (Å²) in [7, 11) is 0. The quantitative estimate of drug-likeness (QED) is 0.114. The average molecular weight is 675 g/mol. The van der Waals surface area contributed by atoms with Crippen LogP contribution in [0.3, 0.4) is 0 Å². The molecular formula is C50H42O2. The molecule has 0 heterocycles. The zero-order chi connectivity index (χ0) is 35.7. The fourth-order valence-electron chi connectivity index (χ4n) is 6.48. The first-order valence-electron chi connectivity index (χ1n) is 17.7. The van der Waals surface area contributed by atoms with Crippen LogP contribution in [0.1, 0.15) is 44.5 Å². The summed E-state index contributed by atoms with van der Waals surface area (Å²) in [6.45, 7) is 14.5. The van der Waals surface area contributed by atoms with Gasteiger partial charge >= 0.3 is 0 Å².